The van der Waals surface area contributed by atoms with Crippen LogP contribution in [0.25, 0.3) is 88.6 Å². The summed E-state index contributed by atoms with van der Waals surface area (Å²) in [6, 6.07) is 66.5. The van der Waals surface area contributed by atoms with Crippen molar-refractivity contribution in [2.75, 3.05) is 0 Å². The Kier molecular flexibility index (Phi) is 7.54. The van der Waals surface area contributed by atoms with Crippen LogP contribution in [-0.4, -0.2) is 24.1 Å². The fraction of sp³-hybridized carbons (Fsp3) is 0.0169. The van der Waals surface area contributed by atoms with Gasteiger partial charge in [0.2, 0.25) is 0 Å². The molecule has 306 valence electrons. The Hall–Kier alpha value is -9.12. The highest BCUT2D eigenvalue weighted by molar-refractivity contribution is 6.12. The van der Waals surface area contributed by atoms with Crippen molar-refractivity contribution >= 4 is 43.6 Å². The van der Waals surface area contributed by atoms with Gasteiger partial charge in [-0.3, -0.25) is 15.0 Å². The molecule has 0 saturated carbocycles. The van der Waals surface area contributed by atoms with Gasteiger partial charge in [-0.25, -0.2) is 0 Å². The number of hydrogen-bond donors (Lipinski definition) is 0. The predicted octanol–water partition coefficient (Wildman–Crippen LogP) is 13.7. The van der Waals surface area contributed by atoms with E-state index in [-0.39, 0.29) is 0 Å². The van der Waals surface area contributed by atoms with Crippen molar-refractivity contribution in [3.05, 3.63) is 235 Å². The summed E-state index contributed by atoms with van der Waals surface area (Å²) in [6.07, 6.45) is 7.24. The van der Waals surface area contributed by atoms with Crippen LogP contribution in [0.15, 0.2) is 207 Å². The maximum Gasteiger partial charge on any atom is 0.156 e. The second-order valence-corrected chi connectivity index (χ2v) is 17.0. The predicted molar refractivity (Wildman–Crippen MR) is 261 cm³/mol. The third kappa shape index (κ3) is 4.76. The Morgan fingerprint density at radius 3 is 1.70 bits per heavy atom. The van der Waals surface area contributed by atoms with Gasteiger partial charge < -0.3 is 13.9 Å². The van der Waals surface area contributed by atoms with Gasteiger partial charge in [0.05, 0.1) is 50.1 Å². The Morgan fingerprint density at radius 2 is 1.02 bits per heavy atom. The van der Waals surface area contributed by atoms with Crippen molar-refractivity contribution in [2.45, 2.75) is 5.41 Å². The van der Waals surface area contributed by atoms with E-state index in [0.29, 0.717) is 11.3 Å². The van der Waals surface area contributed by atoms with Crippen molar-refractivity contribution in [1.82, 2.24) is 24.1 Å². The Morgan fingerprint density at radius 1 is 0.455 bits per heavy atom. The molecule has 1 aliphatic heterocycles. The first kappa shape index (κ1) is 36.4. The molecule has 14 rings (SSSR count). The van der Waals surface area contributed by atoms with Gasteiger partial charge in [0.25, 0.3) is 0 Å². The summed E-state index contributed by atoms with van der Waals surface area (Å²) in [7, 11) is 0. The summed E-state index contributed by atoms with van der Waals surface area (Å²) in [5.41, 5.74) is 15.1. The van der Waals surface area contributed by atoms with Crippen molar-refractivity contribution in [3.8, 4) is 62.6 Å². The highest BCUT2D eigenvalue weighted by Crippen LogP contribution is 2.63. The van der Waals surface area contributed by atoms with E-state index in [2.05, 4.69) is 160 Å². The average Bonchev–Trinajstić information content (AvgIpc) is 4.00. The molecule has 6 heterocycles. The van der Waals surface area contributed by atoms with Gasteiger partial charge in [-0.2, -0.15) is 5.26 Å². The molecule has 0 N–H and O–H groups in total. The standard InChI is InChI=1S/C59H34N6O/c60-34-45-38(36-13-10-30-61-35-36)17-7-18-39(45)43-19-8-20-48-57(43)66-58-49(59(48)46-22-11-31-62-55(46)56-47(59)23-12-32-63-56)21-9-27-54(58)65-52-26-6-3-16-42(52)44-33-37(28-29-53(44)65)64-50-24-4-1-14-40(50)41-15-2-5-25-51(41)64/h1-33,35H. The molecule has 0 saturated heterocycles. The number of pyridine rings is 3. The first-order valence-electron chi connectivity index (χ1n) is 22.1. The molecule has 0 atom stereocenters. The van der Waals surface area contributed by atoms with Crippen LogP contribution in [0.5, 0.6) is 11.5 Å². The van der Waals surface area contributed by atoms with Crippen LogP contribution in [-0.2, 0) is 5.41 Å². The van der Waals surface area contributed by atoms with Crippen LogP contribution < -0.4 is 4.74 Å². The van der Waals surface area contributed by atoms with Crippen LogP contribution in [0.4, 0.5) is 0 Å². The van der Waals surface area contributed by atoms with Crippen LogP contribution >= 0.6 is 0 Å². The van der Waals surface area contributed by atoms with E-state index in [4.69, 9.17) is 14.7 Å². The second-order valence-electron chi connectivity index (χ2n) is 17.0. The molecule has 5 aromatic heterocycles. The van der Waals surface area contributed by atoms with Crippen molar-refractivity contribution < 1.29 is 4.74 Å². The molecule has 0 unspecified atom stereocenters. The molecule has 0 bridgehead atoms. The minimum Gasteiger partial charge on any atom is -0.454 e. The molecule has 0 amide bonds. The summed E-state index contributed by atoms with van der Waals surface area (Å²) in [5, 5.41) is 15.7. The van der Waals surface area contributed by atoms with Crippen molar-refractivity contribution in [1.29, 1.82) is 5.26 Å². The molecule has 0 radical (unpaired) electrons. The number of hydrogen-bond acceptors (Lipinski definition) is 5. The Bertz CT molecular complexity index is 3960. The van der Waals surface area contributed by atoms with Gasteiger partial charge in [0, 0.05) is 85.4 Å². The number of aromatic nitrogens is 5. The molecule has 66 heavy (non-hydrogen) atoms. The van der Waals surface area contributed by atoms with E-state index >= 15 is 0 Å². The van der Waals surface area contributed by atoms with Crippen molar-refractivity contribution in [2.24, 2.45) is 0 Å². The van der Waals surface area contributed by atoms with E-state index in [9.17, 15) is 5.26 Å². The number of para-hydroxylation sites is 5. The number of ether oxygens (including phenoxy) is 1. The molecule has 7 heteroatoms. The first-order chi connectivity index (χ1) is 32.7. The molecule has 1 spiro atoms. The normalized spacial score (nSPS) is 13.1. The summed E-state index contributed by atoms with van der Waals surface area (Å²) >= 11 is 0. The number of rotatable bonds is 4. The van der Waals surface area contributed by atoms with Gasteiger partial charge >= 0.3 is 0 Å². The SMILES string of the molecule is N#Cc1c(-c2cccnc2)cccc1-c1cccc2c1Oc1c(-n3c4ccccc4c4cc(-n5c6ccccc6c6ccccc65)ccc43)cccc1C21c2cccnc2-c2ncccc21. The van der Waals surface area contributed by atoms with Gasteiger partial charge in [0.1, 0.15) is 11.8 Å². The smallest absolute Gasteiger partial charge is 0.156 e. The summed E-state index contributed by atoms with van der Waals surface area (Å²) in [6.45, 7) is 0. The quantitative estimate of drug-likeness (QED) is 0.176. The van der Waals surface area contributed by atoms with Crippen LogP contribution in [0.1, 0.15) is 27.8 Å². The van der Waals surface area contributed by atoms with Crippen LogP contribution in [0.3, 0.4) is 0 Å². The lowest BCUT2D eigenvalue weighted by atomic mass is 9.65. The summed E-state index contributed by atoms with van der Waals surface area (Å²) in [5.74, 6) is 1.40. The molecule has 12 aromatic rings. The average molecular weight is 843 g/mol. The lowest BCUT2D eigenvalue weighted by Gasteiger charge is -2.40. The minimum absolute atomic E-state index is 0.549. The van der Waals surface area contributed by atoms with Gasteiger partial charge in [-0.15, -0.1) is 0 Å². The summed E-state index contributed by atoms with van der Waals surface area (Å²) in [4.78, 5) is 14.4. The minimum atomic E-state index is -0.863. The molecule has 7 nitrogen and oxygen atoms in total. The molecule has 2 aliphatic rings. The maximum absolute atomic E-state index is 11.0. The molecular weight excluding hydrogens is 809 g/mol. The number of nitriles is 1. The molecule has 0 fully saturated rings. The van der Waals surface area contributed by atoms with E-state index in [1.54, 1.807) is 12.4 Å². The third-order valence-corrected chi connectivity index (χ3v) is 13.8. The van der Waals surface area contributed by atoms with Crippen LogP contribution in [0.2, 0.25) is 0 Å². The number of nitrogens with zero attached hydrogens (tertiary/aromatic N) is 6. The maximum atomic E-state index is 11.0. The lowest BCUT2D eigenvalue weighted by Crippen LogP contribution is -2.33. The Labute approximate surface area is 378 Å². The van der Waals surface area contributed by atoms with Crippen LogP contribution in [0, 0.1) is 11.3 Å². The van der Waals surface area contributed by atoms with Crippen molar-refractivity contribution in [3.63, 3.8) is 0 Å². The summed E-state index contributed by atoms with van der Waals surface area (Å²) < 4.78 is 12.3. The van der Waals surface area contributed by atoms with Gasteiger partial charge in [-0.1, -0.05) is 121 Å². The molecule has 7 aromatic carbocycles. The van der Waals surface area contributed by atoms with Gasteiger partial charge in [-0.05, 0) is 71.8 Å². The number of fused-ring (bicyclic) bond motifs is 15. The topological polar surface area (TPSA) is 81.5 Å². The zero-order chi connectivity index (χ0) is 43.5. The van der Waals surface area contributed by atoms with Gasteiger partial charge in [0.15, 0.2) is 5.75 Å². The first-order valence-corrected chi connectivity index (χ1v) is 22.1. The largest absolute Gasteiger partial charge is 0.454 e. The van der Waals surface area contributed by atoms with E-state index < -0.39 is 5.41 Å². The Balaban J connectivity index is 1.06. The molecule has 1 aliphatic carbocycles. The number of benzene rings is 7. The highest BCUT2D eigenvalue weighted by atomic mass is 16.5. The fourth-order valence-electron chi connectivity index (χ4n) is 11.2. The monoisotopic (exact) mass is 842 g/mol. The highest BCUT2D eigenvalue weighted by Gasteiger charge is 2.53. The fourth-order valence-corrected chi connectivity index (χ4v) is 11.2. The third-order valence-electron chi connectivity index (χ3n) is 13.8. The van der Waals surface area contributed by atoms with E-state index in [1.165, 1.54) is 21.8 Å². The van der Waals surface area contributed by atoms with E-state index in [0.717, 1.165) is 94.8 Å². The molecular formula is C59H34N6O. The lowest BCUT2D eigenvalue weighted by molar-refractivity contribution is 0.436. The van der Waals surface area contributed by atoms with E-state index in [1.807, 2.05) is 54.9 Å². The zero-order valence-corrected chi connectivity index (χ0v) is 35.2. The zero-order valence-electron chi connectivity index (χ0n) is 35.2. The second kappa shape index (κ2) is 13.7.